The van der Waals surface area contributed by atoms with E-state index in [1.54, 1.807) is 16.6 Å². The third-order valence-corrected chi connectivity index (χ3v) is 5.79. The molecule has 3 aromatic heterocycles. The zero-order valence-corrected chi connectivity index (χ0v) is 19.6. The van der Waals surface area contributed by atoms with Crippen molar-refractivity contribution in [1.29, 1.82) is 5.26 Å². The van der Waals surface area contributed by atoms with E-state index in [0.29, 0.717) is 42.4 Å². The van der Waals surface area contributed by atoms with Gasteiger partial charge < -0.3 is 25.8 Å². The van der Waals surface area contributed by atoms with Crippen molar-refractivity contribution in [3.63, 3.8) is 0 Å². The number of rotatable bonds is 8. The van der Waals surface area contributed by atoms with Gasteiger partial charge in [-0.15, -0.1) is 0 Å². The number of carbonyl (C=O) groups excluding carboxylic acids is 1. The predicted octanol–water partition coefficient (Wildman–Crippen LogP) is 1.51. The first-order chi connectivity index (χ1) is 16.8. The van der Waals surface area contributed by atoms with Crippen LogP contribution >= 0.6 is 0 Å². The summed E-state index contributed by atoms with van der Waals surface area (Å²) < 4.78 is 21.3. The van der Waals surface area contributed by atoms with Crippen LogP contribution in [0.25, 0.3) is 16.9 Å². The Labute approximate surface area is 202 Å². The van der Waals surface area contributed by atoms with Gasteiger partial charge in [0.05, 0.1) is 65.3 Å². The minimum absolute atomic E-state index is 0.0573. The molecule has 1 amide bonds. The molecule has 1 unspecified atom stereocenters. The van der Waals surface area contributed by atoms with Gasteiger partial charge in [-0.2, -0.15) is 10.4 Å². The number of anilines is 1. The molecule has 1 aliphatic rings. The van der Waals surface area contributed by atoms with E-state index in [-0.39, 0.29) is 18.2 Å². The van der Waals surface area contributed by atoms with Crippen molar-refractivity contribution in [2.45, 2.75) is 31.7 Å². The van der Waals surface area contributed by atoms with E-state index < -0.39 is 17.7 Å². The first kappa shape index (κ1) is 24.5. The van der Waals surface area contributed by atoms with E-state index in [1.807, 2.05) is 12.1 Å². The van der Waals surface area contributed by atoms with Crippen molar-refractivity contribution in [3.8, 4) is 17.5 Å². The summed E-state index contributed by atoms with van der Waals surface area (Å²) in [6.45, 7) is 4.78. The summed E-state index contributed by atoms with van der Waals surface area (Å²) in [4.78, 5) is 17.4. The lowest BCUT2D eigenvalue weighted by Crippen LogP contribution is -2.45. The van der Waals surface area contributed by atoms with Gasteiger partial charge in [0.25, 0.3) is 5.91 Å². The standard InChI is InChI=1S/C24H28FN7O3/c1-24(2,34)22(25)13-30-23(33)18-12-29-20(8-19(18)28-11-16-14-35-6-5-27-16)21-4-3-17-7-15(9-26)10-31-32(17)21/h3-4,7-8,10,12,16,22,27,34H,5-6,11,13-14H2,1-2H3,(H,28,29)(H,30,33)/t16-,22?/m1/s1. The van der Waals surface area contributed by atoms with Gasteiger partial charge in [-0.05, 0) is 38.1 Å². The number of amides is 1. The average Bonchev–Trinajstić information content (AvgIpc) is 3.29. The van der Waals surface area contributed by atoms with Crippen molar-refractivity contribution in [2.75, 3.05) is 38.2 Å². The van der Waals surface area contributed by atoms with Crippen LogP contribution in [0.3, 0.4) is 0 Å². The van der Waals surface area contributed by atoms with Gasteiger partial charge in [-0.25, -0.2) is 8.91 Å². The molecular weight excluding hydrogens is 453 g/mol. The number of ether oxygens (including phenoxy) is 1. The van der Waals surface area contributed by atoms with Gasteiger partial charge in [0.15, 0.2) is 0 Å². The van der Waals surface area contributed by atoms with Crippen LogP contribution in [0.2, 0.25) is 0 Å². The smallest absolute Gasteiger partial charge is 0.255 e. The molecule has 0 spiro atoms. The number of morpholine rings is 1. The summed E-state index contributed by atoms with van der Waals surface area (Å²) in [7, 11) is 0. The van der Waals surface area contributed by atoms with Crippen LogP contribution in [0, 0.1) is 11.3 Å². The van der Waals surface area contributed by atoms with Crippen LogP contribution < -0.4 is 16.0 Å². The summed E-state index contributed by atoms with van der Waals surface area (Å²) >= 11 is 0. The monoisotopic (exact) mass is 481 g/mol. The Kier molecular flexibility index (Phi) is 7.25. The van der Waals surface area contributed by atoms with Crippen LogP contribution in [0.15, 0.2) is 36.7 Å². The molecule has 1 fully saturated rings. The molecule has 10 nitrogen and oxygen atoms in total. The number of fused-ring (bicyclic) bond motifs is 1. The molecule has 4 heterocycles. The van der Waals surface area contributed by atoms with Crippen LogP contribution in [-0.4, -0.2) is 76.3 Å². The summed E-state index contributed by atoms with van der Waals surface area (Å²) in [5.74, 6) is -0.511. The Morgan fingerprint density at radius 1 is 1.43 bits per heavy atom. The van der Waals surface area contributed by atoms with E-state index in [0.717, 1.165) is 12.1 Å². The number of carbonyl (C=O) groups is 1. The lowest BCUT2D eigenvalue weighted by Gasteiger charge is -2.25. The van der Waals surface area contributed by atoms with E-state index in [4.69, 9.17) is 10.00 Å². The number of pyridine rings is 1. The molecule has 11 heteroatoms. The molecule has 3 aromatic rings. The fraction of sp³-hybridized carbons (Fsp3) is 0.417. The molecular formula is C24H28FN7O3. The lowest BCUT2D eigenvalue weighted by atomic mass is 10.0. The molecule has 2 atom stereocenters. The van der Waals surface area contributed by atoms with Crippen molar-refractivity contribution < 1.29 is 19.0 Å². The molecule has 1 aliphatic heterocycles. The van der Waals surface area contributed by atoms with Crippen molar-refractivity contribution >= 4 is 17.1 Å². The Morgan fingerprint density at radius 3 is 2.97 bits per heavy atom. The highest BCUT2D eigenvalue weighted by Gasteiger charge is 2.27. The molecule has 4 N–H and O–H groups in total. The minimum atomic E-state index is -1.63. The molecule has 0 radical (unpaired) electrons. The molecule has 1 saturated heterocycles. The largest absolute Gasteiger partial charge is 0.387 e. The van der Waals surface area contributed by atoms with Gasteiger partial charge in [-0.3, -0.25) is 9.78 Å². The normalized spacial score (nSPS) is 17.1. The molecule has 0 aliphatic carbocycles. The highest BCUT2D eigenvalue weighted by Crippen LogP contribution is 2.25. The molecule has 4 rings (SSSR count). The highest BCUT2D eigenvalue weighted by molar-refractivity contribution is 6.00. The van der Waals surface area contributed by atoms with Gasteiger partial charge in [0.2, 0.25) is 0 Å². The van der Waals surface area contributed by atoms with Crippen molar-refractivity contribution in [2.24, 2.45) is 0 Å². The Hall–Kier alpha value is -3.59. The zero-order valence-electron chi connectivity index (χ0n) is 19.6. The number of nitrogens with zero attached hydrogens (tertiary/aromatic N) is 4. The SMILES string of the molecule is CC(C)(O)C(F)CNC(=O)c1cnc(-c2ccc3cc(C#N)cnn23)cc1NC[C@@H]1COCCN1. The average molecular weight is 482 g/mol. The number of aliphatic hydroxyl groups is 1. The number of nitrogens with one attached hydrogen (secondary N) is 3. The van der Waals surface area contributed by atoms with Gasteiger partial charge in [0.1, 0.15) is 12.2 Å². The van der Waals surface area contributed by atoms with E-state index in [1.165, 1.54) is 26.2 Å². The highest BCUT2D eigenvalue weighted by atomic mass is 19.1. The Balaban J connectivity index is 1.62. The van der Waals surface area contributed by atoms with E-state index >= 15 is 0 Å². The zero-order chi connectivity index (χ0) is 25.0. The van der Waals surface area contributed by atoms with Gasteiger partial charge >= 0.3 is 0 Å². The number of nitriles is 1. The summed E-state index contributed by atoms with van der Waals surface area (Å²) in [6.07, 6.45) is 1.27. The molecule has 35 heavy (non-hydrogen) atoms. The number of hydrogen-bond acceptors (Lipinski definition) is 8. The fourth-order valence-electron chi connectivity index (χ4n) is 3.69. The summed E-state index contributed by atoms with van der Waals surface area (Å²) in [5, 5.41) is 32.4. The van der Waals surface area contributed by atoms with E-state index in [9.17, 15) is 14.3 Å². The lowest BCUT2D eigenvalue weighted by molar-refractivity contribution is -0.00177. The van der Waals surface area contributed by atoms with Crippen LogP contribution in [0.4, 0.5) is 10.1 Å². The Bertz CT molecular complexity index is 1240. The van der Waals surface area contributed by atoms with Gasteiger partial charge in [-0.1, -0.05) is 0 Å². The number of aromatic nitrogens is 3. The van der Waals surface area contributed by atoms with Crippen LogP contribution in [-0.2, 0) is 4.74 Å². The topological polar surface area (TPSA) is 137 Å². The maximum Gasteiger partial charge on any atom is 0.255 e. The maximum atomic E-state index is 14.2. The first-order valence-corrected chi connectivity index (χ1v) is 11.3. The number of alkyl halides is 1. The molecule has 0 bridgehead atoms. The molecule has 0 aromatic carbocycles. The summed E-state index contributed by atoms with van der Waals surface area (Å²) in [5.41, 5.74) is 1.62. The van der Waals surface area contributed by atoms with Crippen LogP contribution in [0.1, 0.15) is 29.8 Å². The third-order valence-electron chi connectivity index (χ3n) is 5.79. The predicted molar refractivity (Wildman–Crippen MR) is 128 cm³/mol. The number of hydrogen-bond donors (Lipinski definition) is 4. The minimum Gasteiger partial charge on any atom is -0.387 e. The van der Waals surface area contributed by atoms with E-state index in [2.05, 4.69) is 32.1 Å². The first-order valence-electron chi connectivity index (χ1n) is 11.3. The molecule has 0 saturated carbocycles. The van der Waals surface area contributed by atoms with Crippen molar-refractivity contribution in [3.05, 3.63) is 47.8 Å². The molecule has 184 valence electrons. The summed E-state index contributed by atoms with van der Waals surface area (Å²) in [6, 6.07) is 9.26. The third kappa shape index (κ3) is 5.74. The second-order valence-corrected chi connectivity index (χ2v) is 8.96. The van der Waals surface area contributed by atoms with Crippen LogP contribution in [0.5, 0.6) is 0 Å². The second-order valence-electron chi connectivity index (χ2n) is 8.96. The Morgan fingerprint density at radius 2 is 2.26 bits per heavy atom. The second kappa shape index (κ2) is 10.4. The van der Waals surface area contributed by atoms with Gasteiger partial charge in [0, 0.05) is 25.3 Å². The van der Waals surface area contributed by atoms with Crippen molar-refractivity contribution in [1.82, 2.24) is 25.2 Å². The fourth-order valence-corrected chi connectivity index (χ4v) is 3.69. The number of halogens is 1. The quantitative estimate of drug-likeness (QED) is 0.380. The maximum absolute atomic E-state index is 14.2.